The molecule has 0 N–H and O–H groups in total. The number of hydrogen-bond acceptors (Lipinski definition) is 2. The summed E-state index contributed by atoms with van der Waals surface area (Å²) in [5, 5.41) is 0.170. The summed E-state index contributed by atoms with van der Waals surface area (Å²) in [6, 6.07) is 8.39. The maximum atomic E-state index is 10.7. The average Bonchev–Trinajstić information content (AvgIpc) is 2.38. The van der Waals surface area contributed by atoms with Crippen LogP contribution in [0.25, 0.3) is 0 Å². The Kier molecular flexibility index (Phi) is 2.69. The van der Waals surface area contributed by atoms with Crippen molar-refractivity contribution in [2.24, 2.45) is 0 Å². The Morgan fingerprint density at radius 3 is 3.08 bits per heavy atom. The fraction of sp³-hybridized carbons (Fsp3) is 0.364. The van der Waals surface area contributed by atoms with Gasteiger partial charge in [0.05, 0.1) is 5.25 Å². The van der Waals surface area contributed by atoms with E-state index in [9.17, 15) is 4.79 Å². The first kappa shape index (κ1) is 8.82. The van der Waals surface area contributed by atoms with Gasteiger partial charge < -0.3 is 4.79 Å². The van der Waals surface area contributed by atoms with Crippen LogP contribution in [-0.2, 0) is 11.2 Å². The maximum absolute atomic E-state index is 10.7. The Balaban J connectivity index is 2.28. The zero-order chi connectivity index (χ0) is 9.10. The van der Waals surface area contributed by atoms with Gasteiger partial charge in [0, 0.05) is 4.90 Å². The topological polar surface area (TPSA) is 17.1 Å². The molecule has 2 rings (SSSR count). The quantitative estimate of drug-likeness (QED) is 0.636. The molecule has 0 fully saturated rings. The van der Waals surface area contributed by atoms with E-state index in [0.717, 1.165) is 25.5 Å². The van der Waals surface area contributed by atoms with Gasteiger partial charge in [0.2, 0.25) is 0 Å². The van der Waals surface area contributed by atoms with Gasteiger partial charge in [0.15, 0.2) is 0 Å². The second kappa shape index (κ2) is 3.97. The molecule has 0 radical (unpaired) electrons. The van der Waals surface area contributed by atoms with Gasteiger partial charge in [-0.1, -0.05) is 18.2 Å². The smallest absolute Gasteiger partial charge is 0.133 e. The zero-order valence-electron chi connectivity index (χ0n) is 7.40. The second-order valence-electron chi connectivity index (χ2n) is 3.29. The Hall–Kier alpha value is -0.760. The Bertz CT molecular complexity index is 309. The molecule has 2 heteroatoms. The van der Waals surface area contributed by atoms with Crippen molar-refractivity contribution in [3.05, 3.63) is 29.8 Å². The zero-order valence-corrected chi connectivity index (χ0v) is 8.22. The largest absolute Gasteiger partial charge is 0.302 e. The molecule has 0 aromatic heterocycles. The van der Waals surface area contributed by atoms with Crippen LogP contribution in [0.5, 0.6) is 0 Å². The number of aryl methyl sites for hydroxylation is 1. The lowest BCUT2D eigenvalue weighted by Gasteiger charge is -2.05. The molecule has 1 atom stereocenters. The number of hydrogen-bond donors (Lipinski definition) is 0. The molecule has 0 aliphatic carbocycles. The summed E-state index contributed by atoms with van der Waals surface area (Å²) in [5.74, 6) is 0. The molecule has 68 valence electrons. The highest BCUT2D eigenvalue weighted by Gasteiger charge is 2.15. The van der Waals surface area contributed by atoms with Gasteiger partial charge in [-0.25, -0.2) is 0 Å². The Labute approximate surface area is 82.5 Å². The minimum absolute atomic E-state index is 0.170. The first-order valence-corrected chi connectivity index (χ1v) is 5.48. The van der Waals surface area contributed by atoms with E-state index in [4.69, 9.17) is 0 Å². The van der Waals surface area contributed by atoms with E-state index in [1.807, 2.05) is 6.07 Å². The van der Waals surface area contributed by atoms with Gasteiger partial charge in [-0.2, -0.15) is 0 Å². The van der Waals surface area contributed by atoms with Crippen LogP contribution in [0.3, 0.4) is 0 Å². The van der Waals surface area contributed by atoms with Crippen molar-refractivity contribution in [3.63, 3.8) is 0 Å². The van der Waals surface area contributed by atoms with Crippen LogP contribution in [0.4, 0.5) is 0 Å². The molecule has 1 aromatic carbocycles. The van der Waals surface area contributed by atoms with E-state index in [0.29, 0.717) is 0 Å². The predicted octanol–water partition coefficient (Wildman–Crippen LogP) is 2.68. The lowest BCUT2D eigenvalue weighted by Crippen LogP contribution is -2.01. The van der Waals surface area contributed by atoms with Crippen molar-refractivity contribution in [2.45, 2.75) is 29.4 Å². The van der Waals surface area contributed by atoms with Gasteiger partial charge in [-0.15, -0.1) is 11.8 Å². The van der Waals surface area contributed by atoms with Crippen LogP contribution in [0, 0.1) is 0 Å². The van der Waals surface area contributed by atoms with Gasteiger partial charge in [-0.3, -0.25) is 0 Å². The van der Waals surface area contributed by atoms with Crippen molar-refractivity contribution in [1.82, 2.24) is 0 Å². The number of fused-ring (bicyclic) bond motifs is 1. The van der Waals surface area contributed by atoms with Crippen LogP contribution in [0.1, 0.15) is 18.4 Å². The van der Waals surface area contributed by atoms with Crippen molar-refractivity contribution >= 4 is 18.0 Å². The third-order valence-corrected chi connectivity index (χ3v) is 3.64. The highest BCUT2D eigenvalue weighted by atomic mass is 32.2. The molecule has 13 heavy (non-hydrogen) atoms. The number of aldehydes is 1. The first-order valence-electron chi connectivity index (χ1n) is 4.60. The number of thioether (sulfide) groups is 1. The molecule has 0 saturated heterocycles. The van der Waals surface area contributed by atoms with Gasteiger partial charge in [0.1, 0.15) is 6.29 Å². The summed E-state index contributed by atoms with van der Waals surface area (Å²) in [7, 11) is 0. The molecule has 0 bridgehead atoms. The molecule has 1 nitrogen and oxygen atoms in total. The maximum Gasteiger partial charge on any atom is 0.133 e. The summed E-state index contributed by atoms with van der Waals surface area (Å²) >= 11 is 1.71. The van der Waals surface area contributed by atoms with E-state index >= 15 is 0 Å². The van der Waals surface area contributed by atoms with Crippen molar-refractivity contribution < 1.29 is 4.79 Å². The van der Waals surface area contributed by atoms with Crippen molar-refractivity contribution in [1.29, 1.82) is 0 Å². The summed E-state index contributed by atoms with van der Waals surface area (Å²) in [6.07, 6.45) is 4.34. The molecular formula is C11H12OS. The number of rotatable bonds is 1. The fourth-order valence-electron chi connectivity index (χ4n) is 1.64. The highest BCUT2D eigenvalue weighted by Crippen LogP contribution is 2.32. The minimum Gasteiger partial charge on any atom is -0.302 e. The summed E-state index contributed by atoms with van der Waals surface area (Å²) < 4.78 is 0. The van der Waals surface area contributed by atoms with Crippen LogP contribution < -0.4 is 0 Å². The Morgan fingerprint density at radius 2 is 2.23 bits per heavy atom. The highest BCUT2D eigenvalue weighted by molar-refractivity contribution is 8.00. The molecule has 1 unspecified atom stereocenters. The standard InChI is InChI=1S/C11H12OS/c12-8-10-6-3-5-9-4-1-2-7-11(9)13-10/h1-2,4,7-8,10H,3,5-6H2. The third-order valence-electron chi connectivity index (χ3n) is 2.34. The fourth-order valence-corrected chi connectivity index (χ4v) is 2.78. The van der Waals surface area contributed by atoms with Crippen molar-refractivity contribution in [3.8, 4) is 0 Å². The van der Waals surface area contributed by atoms with E-state index in [1.165, 1.54) is 10.5 Å². The van der Waals surface area contributed by atoms with Crippen LogP contribution in [-0.4, -0.2) is 11.5 Å². The van der Waals surface area contributed by atoms with Crippen LogP contribution >= 0.6 is 11.8 Å². The first-order chi connectivity index (χ1) is 6.40. The Morgan fingerprint density at radius 1 is 1.38 bits per heavy atom. The van der Waals surface area contributed by atoms with Gasteiger partial charge >= 0.3 is 0 Å². The number of carbonyl (C=O) groups excluding carboxylic acids is 1. The molecular weight excluding hydrogens is 180 g/mol. The molecule has 0 spiro atoms. The van der Waals surface area contributed by atoms with E-state index in [-0.39, 0.29) is 5.25 Å². The van der Waals surface area contributed by atoms with Gasteiger partial charge in [0.25, 0.3) is 0 Å². The van der Waals surface area contributed by atoms with E-state index in [2.05, 4.69) is 18.2 Å². The van der Waals surface area contributed by atoms with Gasteiger partial charge in [-0.05, 0) is 30.9 Å². The third kappa shape index (κ3) is 1.94. The lowest BCUT2D eigenvalue weighted by molar-refractivity contribution is -0.107. The molecule has 0 amide bonds. The summed E-state index contributed by atoms with van der Waals surface area (Å²) in [6.45, 7) is 0. The summed E-state index contributed by atoms with van der Waals surface area (Å²) in [4.78, 5) is 12.0. The summed E-state index contributed by atoms with van der Waals surface area (Å²) in [5.41, 5.74) is 1.40. The SMILES string of the molecule is O=CC1CCCc2ccccc2S1. The lowest BCUT2D eigenvalue weighted by atomic mass is 10.1. The second-order valence-corrected chi connectivity index (χ2v) is 4.57. The minimum atomic E-state index is 0.170. The van der Waals surface area contributed by atoms with E-state index in [1.54, 1.807) is 11.8 Å². The van der Waals surface area contributed by atoms with Crippen LogP contribution in [0.15, 0.2) is 29.2 Å². The normalized spacial score (nSPS) is 21.7. The number of carbonyl (C=O) groups is 1. The predicted molar refractivity (Wildman–Crippen MR) is 55.1 cm³/mol. The van der Waals surface area contributed by atoms with E-state index < -0.39 is 0 Å². The molecule has 1 aliphatic heterocycles. The monoisotopic (exact) mass is 192 g/mol. The molecule has 1 aliphatic rings. The van der Waals surface area contributed by atoms with Crippen molar-refractivity contribution in [2.75, 3.05) is 0 Å². The molecule has 0 saturated carbocycles. The van der Waals surface area contributed by atoms with Crippen LogP contribution in [0.2, 0.25) is 0 Å². The molecule has 1 aromatic rings. The molecule has 1 heterocycles. The average molecular weight is 192 g/mol. The number of benzene rings is 1.